The average Bonchev–Trinajstić information content (AvgIpc) is 2.53. The third-order valence-corrected chi connectivity index (χ3v) is 3.99. The Morgan fingerprint density at radius 2 is 0.909 bits per heavy atom. The van der Waals surface area contributed by atoms with E-state index in [4.69, 9.17) is 8.91 Å². The molecular weight excluding hydrogens is 291 g/mol. The van der Waals surface area contributed by atoms with Crippen molar-refractivity contribution < 1.29 is 13.7 Å². The van der Waals surface area contributed by atoms with Crippen LogP contribution in [0.4, 0.5) is 0 Å². The Balaban J connectivity index is 0. The Morgan fingerprint density at radius 1 is 0.636 bits per heavy atom. The third kappa shape index (κ3) is 24.8. The SMILES string of the molecule is CCCCCCCCCCCCCCCCCC(=O)O.[O]=[Al]. The maximum atomic E-state index is 10.3. The van der Waals surface area contributed by atoms with Crippen LogP contribution in [-0.2, 0) is 8.60 Å². The molecule has 1 radical (unpaired) electrons. The summed E-state index contributed by atoms with van der Waals surface area (Å²) in [5.74, 6) is -0.653. The van der Waals surface area contributed by atoms with Gasteiger partial charge in [0.05, 0.1) is 0 Å². The minimum absolute atomic E-state index is 0.345. The second kappa shape index (κ2) is 23.1. The molecule has 0 rings (SSSR count). The van der Waals surface area contributed by atoms with Crippen molar-refractivity contribution in [2.24, 2.45) is 0 Å². The van der Waals surface area contributed by atoms with E-state index in [9.17, 15) is 4.79 Å². The van der Waals surface area contributed by atoms with E-state index in [1.165, 1.54) is 99.7 Å². The zero-order chi connectivity index (χ0) is 16.9. The predicted octanol–water partition coefficient (Wildman–Crippen LogP) is 5.83. The Morgan fingerprint density at radius 3 is 1.18 bits per heavy atom. The van der Waals surface area contributed by atoms with E-state index in [1.807, 2.05) is 0 Å². The molecule has 3 nitrogen and oxygen atoms in total. The number of aliphatic carboxylic acids is 1. The Kier molecular flexibility index (Phi) is 25.2. The number of hydrogen-bond acceptors (Lipinski definition) is 2. The van der Waals surface area contributed by atoms with Gasteiger partial charge < -0.3 is 5.11 Å². The van der Waals surface area contributed by atoms with Gasteiger partial charge in [0.1, 0.15) is 0 Å². The second-order valence-electron chi connectivity index (χ2n) is 6.09. The Bertz CT molecular complexity index is 222. The molecule has 0 spiro atoms. The molecule has 129 valence electrons. The van der Waals surface area contributed by atoms with Gasteiger partial charge in [-0.15, -0.1) is 0 Å². The molecule has 0 bridgehead atoms. The molecule has 0 atom stereocenters. The molecule has 0 heterocycles. The third-order valence-electron chi connectivity index (χ3n) is 3.99. The first-order valence-corrected chi connectivity index (χ1v) is 9.70. The summed E-state index contributed by atoms with van der Waals surface area (Å²) in [5, 5.41) is 8.52. The van der Waals surface area contributed by atoms with Crippen LogP contribution in [0, 0.1) is 0 Å². The quantitative estimate of drug-likeness (QED) is 0.286. The molecular formula is C18H36AlO3. The summed E-state index contributed by atoms with van der Waals surface area (Å²) < 4.78 is 8.17. The van der Waals surface area contributed by atoms with Crippen molar-refractivity contribution in [3.63, 3.8) is 0 Å². The Hall–Kier alpha value is -0.198. The fraction of sp³-hybridized carbons (Fsp3) is 0.944. The van der Waals surface area contributed by atoms with Gasteiger partial charge in [0, 0.05) is 6.42 Å². The topological polar surface area (TPSA) is 54.4 Å². The standard InChI is InChI=1S/C18H36O2.Al.O/c1-2-3-4-5-6-7-8-9-10-11-12-13-14-15-16-17-18(19)20;;/h2-17H2,1H3,(H,19,20);;. The minimum atomic E-state index is -0.653. The number of carboxylic acid groups (broad SMARTS) is 1. The van der Waals surface area contributed by atoms with Gasteiger partial charge in [-0.1, -0.05) is 96.8 Å². The molecule has 4 heteroatoms. The van der Waals surface area contributed by atoms with Crippen LogP contribution >= 0.6 is 0 Å². The second-order valence-corrected chi connectivity index (χ2v) is 6.09. The van der Waals surface area contributed by atoms with Gasteiger partial charge in [-0.05, 0) is 6.42 Å². The van der Waals surface area contributed by atoms with Crippen molar-refractivity contribution in [1.29, 1.82) is 0 Å². The monoisotopic (exact) mass is 327 g/mol. The fourth-order valence-corrected chi connectivity index (χ4v) is 2.65. The van der Waals surface area contributed by atoms with Crippen LogP contribution in [0.1, 0.15) is 110 Å². The summed E-state index contributed by atoms with van der Waals surface area (Å²) in [5.41, 5.74) is 0. The first-order chi connectivity index (χ1) is 10.8. The summed E-state index contributed by atoms with van der Waals surface area (Å²) in [4.78, 5) is 10.3. The van der Waals surface area contributed by atoms with Crippen LogP contribution in [0.3, 0.4) is 0 Å². The van der Waals surface area contributed by atoms with Crippen LogP contribution in [0.2, 0.25) is 0 Å². The van der Waals surface area contributed by atoms with Crippen LogP contribution in [0.5, 0.6) is 0 Å². The van der Waals surface area contributed by atoms with Gasteiger partial charge in [-0.2, -0.15) is 0 Å². The number of carbonyl (C=O) groups is 1. The molecule has 22 heavy (non-hydrogen) atoms. The van der Waals surface area contributed by atoms with Crippen molar-refractivity contribution >= 4 is 22.2 Å². The molecule has 0 aromatic heterocycles. The van der Waals surface area contributed by atoms with E-state index >= 15 is 0 Å². The van der Waals surface area contributed by atoms with E-state index in [0.717, 1.165) is 12.8 Å². The van der Waals surface area contributed by atoms with Crippen LogP contribution in [-0.4, -0.2) is 27.3 Å². The van der Waals surface area contributed by atoms with Gasteiger partial charge in [0.2, 0.25) is 0 Å². The van der Waals surface area contributed by atoms with Crippen molar-refractivity contribution in [2.75, 3.05) is 0 Å². The van der Waals surface area contributed by atoms with E-state index in [-0.39, 0.29) is 0 Å². The molecule has 0 aromatic rings. The summed E-state index contributed by atoms with van der Waals surface area (Å²) >= 11 is 1.17. The van der Waals surface area contributed by atoms with Crippen LogP contribution in [0.15, 0.2) is 0 Å². The molecule has 0 unspecified atom stereocenters. The van der Waals surface area contributed by atoms with Crippen LogP contribution in [0.25, 0.3) is 0 Å². The molecule has 0 aliphatic heterocycles. The average molecular weight is 327 g/mol. The van der Waals surface area contributed by atoms with Crippen molar-refractivity contribution in [1.82, 2.24) is 0 Å². The maximum absolute atomic E-state index is 10.3. The molecule has 0 saturated carbocycles. The molecule has 0 aromatic carbocycles. The zero-order valence-corrected chi connectivity index (χ0v) is 15.8. The molecule has 0 saturated heterocycles. The molecule has 1 N–H and O–H groups in total. The predicted molar refractivity (Wildman–Crippen MR) is 93.6 cm³/mol. The summed E-state index contributed by atoms with van der Waals surface area (Å²) in [7, 11) is 0. The zero-order valence-electron chi connectivity index (χ0n) is 14.7. The molecule has 0 amide bonds. The van der Waals surface area contributed by atoms with Gasteiger partial charge >= 0.3 is 26.0 Å². The number of hydrogen-bond donors (Lipinski definition) is 1. The van der Waals surface area contributed by atoms with Crippen molar-refractivity contribution in [2.45, 2.75) is 110 Å². The molecule has 0 aliphatic rings. The van der Waals surface area contributed by atoms with Gasteiger partial charge in [-0.25, -0.2) is 0 Å². The molecule has 0 fully saturated rings. The molecule has 0 aliphatic carbocycles. The summed E-state index contributed by atoms with van der Waals surface area (Å²) in [6.45, 7) is 2.27. The van der Waals surface area contributed by atoms with Crippen molar-refractivity contribution in [3.05, 3.63) is 0 Å². The number of unbranched alkanes of at least 4 members (excludes halogenated alkanes) is 14. The summed E-state index contributed by atoms with van der Waals surface area (Å²) in [6, 6.07) is 0. The normalized spacial score (nSPS) is 10.0. The van der Waals surface area contributed by atoms with E-state index < -0.39 is 5.97 Å². The number of rotatable bonds is 16. The van der Waals surface area contributed by atoms with Crippen molar-refractivity contribution in [3.8, 4) is 0 Å². The Labute approximate surface area is 145 Å². The number of carboxylic acids is 1. The first-order valence-electron chi connectivity index (χ1n) is 9.22. The first kappa shape index (κ1) is 24.1. The summed E-state index contributed by atoms with van der Waals surface area (Å²) in [6.07, 6.45) is 20.2. The van der Waals surface area contributed by atoms with Gasteiger partial charge in [0.15, 0.2) is 0 Å². The fourth-order valence-electron chi connectivity index (χ4n) is 2.65. The van der Waals surface area contributed by atoms with Crippen LogP contribution < -0.4 is 0 Å². The van der Waals surface area contributed by atoms with Gasteiger partial charge in [0.25, 0.3) is 0 Å². The van der Waals surface area contributed by atoms with E-state index in [2.05, 4.69) is 6.92 Å². The van der Waals surface area contributed by atoms with E-state index in [1.54, 1.807) is 0 Å². The van der Waals surface area contributed by atoms with E-state index in [0.29, 0.717) is 6.42 Å². The van der Waals surface area contributed by atoms with Gasteiger partial charge in [-0.3, -0.25) is 4.79 Å².